The van der Waals surface area contributed by atoms with Gasteiger partial charge < -0.3 is 15.4 Å². The molecule has 0 spiro atoms. The molecule has 7 heteroatoms. The third-order valence-electron chi connectivity index (χ3n) is 5.19. The Kier molecular flexibility index (Phi) is 6.94. The molecule has 0 unspecified atom stereocenters. The van der Waals surface area contributed by atoms with E-state index in [9.17, 15) is 4.79 Å². The van der Waals surface area contributed by atoms with Crippen molar-refractivity contribution >= 4 is 44.1 Å². The molecule has 30 heavy (non-hydrogen) atoms. The van der Waals surface area contributed by atoms with Crippen molar-refractivity contribution < 1.29 is 9.53 Å². The molecule has 0 bridgehead atoms. The van der Waals surface area contributed by atoms with Crippen molar-refractivity contribution in [3.05, 3.63) is 64.8 Å². The summed E-state index contributed by atoms with van der Waals surface area (Å²) in [5, 5.41) is 7.47. The average Bonchev–Trinajstić information content (AvgIpc) is 2.78. The molecule has 1 aliphatic heterocycles. The van der Waals surface area contributed by atoms with Crippen LogP contribution in [-0.2, 0) is 4.74 Å². The van der Waals surface area contributed by atoms with Crippen LogP contribution in [0, 0.1) is 0 Å². The molecule has 0 atom stereocenters. The van der Waals surface area contributed by atoms with Crippen LogP contribution in [0.4, 0.5) is 11.4 Å². The molecular formula is C23H25BrN4O2. The van der Waals surface area contributed by atoms with Gasteiger partial charge in [0.15, 0.2) is 0 Å². The van der Waals surface area contributed by atoms with Gasteiger partial charge in [0.1, 0.15) is 0 Å². The van der Waals surface area contributed by atoms with Gasteiger partial charge in [0, 0.05) is 41.4 Å². The van der Waals surface area contributed by atoms with Gasteiger partial charge >= 0.3 is 0 Å². The van der Waals surface area contributed by atoms with Gasteiger partial charge in [-0.3, -0.25) is 14.7 Å². The number of benzene rings is 2. The van der Waals surface area contributed by atoms with E-state index >= 15 is 0 Å². The third kappa shape index (κ3) is 5.16. The lowest BCUT2D eigenvalue weighted by atomic mass is 10.1. The number of aromatic nitrogens is 1. The summed E-state index contributed by atoms with van der Waals surface area (Å²) < 4.78 is 6.36. The minimum atomic E-state index is -0.0698. The molecular weight excluding hydrogens is 444 g/mol. The molecule has 1 saturated heterocycles. The van der Waals surface area contributed by atoms with Crippen LogP contribution in [0.25, 0.3) is 10.9 Å². The Balaban J connectivity index is 1.42. The van der Waals surface area contributed by atoms with E-state index in [2.05, 4.69) is 36.4 Å². The highest BCUT2D eigenvalue weighted by atomic mass is 79.9. The Hall–Kier alpha value is -2.48. The van der Waals surface area contributed by atoms with Crippen LogP contribution in [0.5, 0.6) is 0 Å². The molecule has 6 nitrogen and oxygen atoms in total. The topological polar surface area (TPSA) is 66.5 Å². The Morgan fingerprint density at radius 2 is 1.93 bits per heavy atom. The van der Waals surface area contributed by atoms with E-state index < -0.39 is 0 Å². The second kappa shape index (κ2) is 10.0. The molecule has 2 aromatic carbocycles. The standard InChI is InChI=1S/C23H25BrN4O2/c24-17-6-7-20-19(16-17)22(8-10-25-20)27-21-5-2-1-4-18(21)23(29)26-9-3-11-28-12-14-30-15-13-28/h1-2,4-8,10,16H,3,9,11-15H2,(H,25,27)(H,26,29). The molecule has 1 amide bonds. The number of hydrogen-bond donors (Lipinski definition) is 2. The first-order chi connectivity index (χ1) is 14.7. The van der Waals surface area contributed by atoms with Gasteiger partial charge in [0.2, 0.25) is 0 Å². The molecule has 2 heterocycles. The third-order valence-corrected chi connectivity index (χ3v) is 5.68. The number of nitrogens with zero attached hydrogens (tertiary/aromatic N) is 2. The number of carbonyl (C=O) groups is 1. The van der Waals surface area contributed by atoms with Gasteiger partial charge in [0.05, 0.1) is 30.0 Å². The highest BCUT2D eigenvalue weighted by molar-refractivity contribution is 9.10. The molecule has 4 rings (SSSR count). The number of halogens is 1. The van der Waals surface area contributed by atoms with Crippen molar-refractivity contribution in [2.24, 2.45) is 0 Å². The highest BCUT2D eigenvalue weighted by Gasteiger charge is 2.13. The predicted molar refractivity (Wildman–Crippen MR) is 123 cm³/mol. The summed E-state index contributed by atoms with van der Waals surface area (Å²) in [5.41, 5.74) is 3.21. The Morgan fingerprint density at radius 3 is 2.80 bits per heavy atom. The van der Waals surface area contributed by atoms with Crippen LogP contribution in [0.3, 0.4) is 0 Å². The number of fused-ring (bicyclic) bond motifs is 1. The van der Waals surface area contributed by atoms with Crippen LogP contribution in [0.15, 0.2) is 59.2 Å². The van der Waals surface area contributed by atoms with Crippen molar-refractivity contribution in [2.45, 2.75) is 6.42 Å². The van der Waals surface area contributed by atoms with Crippen LogP contribution in [-0.4, -0.2) is 55.2 Å². The molecule has 0 aliphatic carbocycles. The van der Waals surface area contributed by atoms with Gasteiger partial charge in [-0.2, -0.15) is 0 Å². The first kappa shape index (κ1) is 20.8. The van der Waals surface area contributed by atoms with E-state index in [1.54, 1.807) is 6.20 Å². The van der Waals surface area contributed by atoms with Gasteiger partial charge in [0.25, 0.3) is 5.91 Å². The number of rotatable bonds is 7. The van der Waals surface area contributed by atoms with Crippen LogP contribution in [0.2, 0.25) is 0 Å². The van der Waals surface area contributed by atoms with Crippen molar-refractivity contribution in [1.82, 2.24) is 15.2 Å². The van der Waals surface area contributed by atoms with E-state index in [0.29, 0.717) is 12.1 Å². The quantitative estimate of drug-likeness (QED) is 0.508. The monoisotopic (exact) mass is 468 g/mol. The van der Waals surface area contributed by atoms with Crippen molar-refractivity contribution in [2.75, 3.05) is 44.7 Å². The number of ether oxygens (including phenoxy) is 1. The summed E-state index contributed by atoms with van der Waals surface area (Å²) >= 11 is 3.52. The maximum absolute atomic E-state index is 12.8. The van der Waals surface area contributed by atoms with E-state index in [1.165, 1.54) is 0 Å². The van der Waals surface area contributed by atoms with Crippen LogP contribution in [0.1, 0.15) is 16.8 Å². The number of morpholine rings is 1. The lowest BCUT2D eigenvalue weighted by Crippen LogP contribution is -2.38. The number of carbonyl (C=O) groups excluding carboxylic acids is 1. The molecule has 156 valence electrons. The summed E-state index contributed by atoms with van der Waals surface area (Å²) in [6.07, 6.45) is 2.69. The Bertz CT molecular complexity index is 1020. The molecule has 0 saturated carbocycles. The normalized spacial score (nSPS) is 14.6. The number of pyridine rings is 1. The van der Waals surface area contributed by atoms with Gasteiger partial charge in [-0.25, -0.2) is 0 Å². The van der Waals surface area contributed by atoms with E-state index in [1.807, 2.05) is 48.5 Å². The van der Waals surface area contributed by atoms with Crippen molar-refractivity contribution in [1.29, 1.82) is 0 Å². The summed E-state index contributed by atoms with van der Waals surface area (Å²) in [6, 6.07) is 15.5. The second-order valence-electron chi connectivity index (χ2n) is 7.25. The summed E-state index contributed by atoms with van der Waals surface area (Å²) in [6.45, 7) is 5.15. The first-order valence-electron chi connectivity index (χ1n) is 10.2. The van der Waals surface area contributed by atoms with E-state index in [4.69, 9.17) is 4.74 Å². The lowest BCUT2D eigenvalue weighted by Gasteiger charge is -2.26. The number of hydrogen-bond acceptors (Lipinski definition) is 5. The predicted octanol–water partition coefficient (Wildman–Crippen LogP) is 4.19. The van der Waals surface area contributed by atoms with E-state index in [-0.39, 0.29) is 5.91 Å². The van der Waals surface area contributed by atoms with Gasteiger partial charge in [-0.1, -0.05) is 28.1 Å². The summed E-state index contributed by atoms with van der Waals surface area (Å²) in [5.74, 6) is -0.0698. The van der Waals surface area contributed by atoms with E-state index in [0.717, 1.165) is 66.0 Å². The molecule has 2 N–H and O–H groups in total. The Morgan fingerprint density at radius 1 is 1.10 bits per heavy atom. The average molecular weight is 469 g/mol. The lowest BCUT2D eigenvalue weighted by molar-refractivity contribution is 0.0374. The maximum Gasteiger partial charge on any atom is 0.253 e. The zero-order valence-electron chi connectivity index (χ0n) is 16.7. The summed E-state index contributed by atoms with van der Waals surface area (Å²) in [4.78, 5) is 19.6. The molecule has 1 aliphatic rings. The van der Waals surface area contributed by atoms with Crippen LogP contribution < -0.4 is 10.6 Å². The zero-order chi connectivity index (χ0) is 20.8. The fraction of sp³-hybridized carbons (Fsp3) is 0.304. The van der Waals surface area contributed by atoms with Crippen LogP contribution >= 0.6 is 15.9 Å². The molecule has 3 aromatic rings. The number of nitrogens with one attached hydrogen (secondary N) is 2. The SMILES string of the molecule is O=C(NCCCN1CCOCC1)c1ccccc1Nc1ccnc2ccc(Br)cc12. The minimum absolute atomic E-state index is 0.0698. The highest BCUT2D eigenvalue weighted by Crippen LogP contribution is 2.29. The maximum atomic E-state index is 12.8. The zero-order valence-corrected chi connectivity index (χ0v) is 18.3. The fourth-order valence-electron chi connectivity index (χ4n) is 3.59. The van der Waals surface area contributed by atoms with Gasteiger partial charge in [-0.05, 0) is 49.4 Å². The number of amides is 1. The largest absolute Gasteiger partial charge is 0.379 e. The smallest absolute Gasteiger partial charge is 0.253 e. The fourth-order valence-corrected chi connectivity index (χ4v) is 3.95. The second-order valence-corrected chi connectivity index (χ2v) is 8.17. The number of para-hydroxylation sites is 1. The number of anilines is 2. The Labute approximate surface area is 184 Å². The van der Waals surface area contributed by atoms with Gasteiger partial charge in [-0.15, -0.1) is 0 Å². The summed E-state index contributed by atoms with van der Waals surface area (Å²) in [7, 11) is 0. The molecule has 0 radical (unpaired) electrons. The minimum Gasteiger partial charge on any atom is -0.379 e. The molecule has 1 fully saturated rings. The molecule has 1 aromatic heterocycles. The van der Waals surface area contributed by atoms with Crippen molar-refractivity contribution in [3.63, 3.8) is 0 Å². The van der Waals surface area contributed by atoms with Crippen molar-refractivity contribution in [3.8, 4) is 0 Å². The first-order valence-corrected chi connectivity index (χ1v) is 11.0.